The zero-order valence-corrected chi connectivity index (χ0v) is 16.1. The molecule has 4 rings (SSSR count). The first-order chi connectivity index (χ1) is 13.7. The molecule has 0 bridgehead atoms. The number of hydrogen-bond acceptors (Lipinski definition) is 5. The van der Waals surface area contributed by atoms with Crippen molar-refractivity contribution in [2.45, 2.75) is 19.9 Å². The van der Waals surface area contributed by atoms with Crippen molar-refractivity contribution in [1.82, 2.24) is 14.8 Å². The molecule has 1 aromatic carbocycles. The maximum Gasteiger partial charge on any atom is 0.290 e. The summed E-state index contributed by atoms with van der Waals surface area (Å²) in [5.74, 6) is -0.0723. The number of aromatic nitrogens is 1. The molecule has 0 saturated carbocycles. The second-order valence-corrected chi connectivity index (χ2v) is 6.88. The van der Waals surface area contributed by atoms with E-state index in [1.54, 1.807) is 35.5 Å². The molecule has 0 aliphatic carbocycles. The minimum atomic E-state index is -0.457. The highest BCUT2D eigenvalue weighted by Crippen LogP contribution is 2.37. The van der Waals surface area contributed by atoms with E-state index in [2.05, 4.69) is 23.7 Å². The number of hydrogen-bond donors (Lipinski definition) is 0. The van der Waals surface area contributed by atoms with E-state index in [-0.39, 0.29) is 17.1 Å². The molecule has 0 saturated heterocycles. The number of pyridine rings is 1. The van der Waals surface area contributed by atoms with Crippen LogP contribution >= 0.6 is 0 Å². The summed E-state index contributed by atoms with van der Waals surface area (Å²) in [5, 5.41) is 0.499. The van der Waals surface area contributed by atoms with E-state index in [4.69, 9.17) is 4.42 Å². The smallest absolute Gasteiger partial charge is 0.290 e. The minimum absolute atomic E-state index is 0.141. The zero-order valence-electron chi connectivity index (χ0n) is 16.1. The topological polar surface area (TPSA) is 66.7 Å². The molecule has 0 unspecified atom stereocenters. The first kappa shape index (κ1) is 18.4. The van der Waals surface area contributed by atoms with Gasteiger partial charge in [0.05, 0.1) is 17.0 Å². The van der Waals surface area contributed by atoms with Gasteiger partial charge in [-0.1, -0.05) is 26.0 Å². The quantitative estimate of drug-likeness (QED) is 0.660. The van der Waals surface area contributed by atoms with Gasteiger partial charge in [0.25, 0.3) is 5.91 Å². The van der Waals surface area contributed by atoms with Crippen LogP contribution in [0.5, 0.6) is 0 Å². The Morgan fingerprint density at radius 2 is 1.79 bits per heavy atom. The maximum absolute atomic E-state index is 13.3. The molecule has 1 aliphatic rings. The van der Waals surface area contributed by atoms with E-state index in [1.165, 1.54) is 0 Å². The molecule has 0 fully saturated rings. The highest BCUT2D eigenvalue weighted by atomic mass is 16.3. The van der Waals surface area contributed by atoms with Crippen molar-refractivity contribution >= 4 is 16.9 Å². The minimum Gasteiger partial charge on any atom is -0.450 e. The predicted molar refractivity (Wildman–Crippen MR) is 107 cm³/mol. The Bertz CT molecular complexity index is 1060. The van der Waals surface area contributed by atoms with E-state index >= 15 is 0 Å². The zero-order chi connectivity index (χ0) is 19.7. The molecule has 1 atom stereocenters. The Labute approximate surface area is 163 Å². The molecular weight excluding hydrogens is 354 g/mol. The molecule has 6 nitrogen and oxygen atoms in total. The average molecular weight is 377 g/mol. The molecule has 0 radical (unpaired) electrons. The summed E-state index contributed by atoms with van der Waals surface area (Å²) in [6.45, 7) is 7.28. The number of benzene rings is 1. The highest BCUT2D eigenvalue weighted by Gasteiger charge is 2.42. The first-order valence-corrected chi connectivity index (χ1v) is 9.64. The van der Waals surface area contributed by atoms with Crippen molar-refractivity contribution in [3.8, 4) is 0 Å². The fourth-order valence-electron chi connectivity index (χ4n) is 3.88. The van der Waals surface area contributed by atoms with E-state index in [0.29, 0.717) is 23.1 Å². The SMILES string of the molecule is CCN(CC)CCN1C(=O)c2oc3ccccc3c(=O)c2[C@@H]1c1ccncc1. The van der Waals surface area contributed by atoms with Crippen LogP contribution < -0.4 is 5.43 Å². The van der Waals surface area contributed by atoms with Gasteiger partial charge in [-0.2, -0.15) is 0 Å². The number of fused-ring (bicyclic) bond motifs is 2. The number of amides is 1. The van der Waals surface area contributed by atoms with Crippen LogP contribution in [-0.2, 0) is 0 Å². The average Bonchev–Trinajstić information content (AvgIpc) is 3.02. The van der Waals surface area contributed by atoms with Crippen LogP contribution in [0.1, 0.15) is 41.6 Å². The summed E-state index contributed by atoms with van der Waals surface area (Å²) in [4.78, 5) is 34.6. The van der Waals surface area contributed by atoms with Crippen molar-refractivity contribution in [2.75, 3.05) is 26.2 Å². The number of para-hydroxylation sites is 1. The van der Waals surface area contributed by atoms with Crippen LogP contribution in [0.15, 0.2) is 58.0 Å². The molecule has 3 aromatic rings. The number of likely N-dealkylation sites (N-methyl/N-ethyl adjacent to an activating group) is 1. The van der Waals surface area contributed by atoms with Gasteiger partial charge in [-0.3, -0.25) is 14.6 Å². The van der Waals surface area contributed by atoms with Crippen LogP contribution in [0.4, 0.5) is 0 Å². The standard InChI is InChI=1S/C22H23N3O3/c1-3-24(4-2)13-14-25-19(15-9-11-23-12-10-15)18-20(26)16-7-5-6-8-17(16)28-21(18)22(25)27/h5-12,19H,3-4,13-14H2,1-2H3/t19-/m0/s1. The fourth-order valence-corrected chi connectivity index (χ4v) is 3.88. The lowest BCUT2D eigenvalue weighted by Gasteiger charge is -2.28. The Morgan fingerprint density at radius 1 is 1.07 bits per heavy atom. The van der Waals surface area contributed by atoms with Gasteiger partial charge in [0.15, 0.2) is 5.43 Å². The second-order valence-electron chi connectivity index (χ2n) is 6.88. The lowest BCUT2D eigenvalue weighted by Crippen LogP contribution is -2.37. The number of carbonyl (C=O) groups excluding carboxylic acids is 1. The lowest BCUT2D eigenvalue weighted by molar-refractivity contribution is 0.0708. The molecule has 28 heavy (non-hydrogen) atoms. The Hall–Kier alpha value is -2.99. The van der Waals surface area contributed by atoms with Crippen LogP contribution in [0.3, 0.4) is 0 Å². The van der Waals surface area contributed by atoms with E-state index in [1.807, 2.05) is 18.2 Å². The molecule has 1 amide bonds. The lowest BCUT2D eigenvalue weighted by atomic mass is 9.99. The monoisotopic (exact) mass is 377 g/mol. The van der Waals surface area contributed by atoms with Crippen molar-refractivity contribution in [1.29, 1.82) is 0 Å². The number of rotatable bonds is 6. The number of nitrogens with zero attached hydrogens (tertiary/aromatic N) is 3. The van der Waals surface area contributed by atoms with Crippen LogP contribution in [0.25, 0.3) is 11.0 Å². The summed E-state index contributed by atoms with van der Waals surface area (Å²) in [5.41, 5.74) is 1.59. The van der Waals surface area contributed by atoms with Crippen LogP contribution in [-0.4, -0.2) is 46.9 Å². The largest absolute Gasteiger partial charge is 0.450 e. The van der Waals surface area contributed by atoms with Gasteiger partial charge in [-0.15, -0.1) is 0 Å². The third-order valence-electron chi connectivity index (χ3n) is 5.45. The van der Waals surface area contributed by atoms with Crippen LogP contribution in [0.2, 0.25) is 0 Å². The Balaban J connectivity index is 1.85. The molecule has 2 aromatic heterocycles. The molecule has 3 heterocycles. The summed E-state index contributed by atoms with van der Waals surface area (Å²) >= 11 is 0. The third kappa shape index (κ3) is 2.99. The summed E-state index contributed by atoms with van der Waals surface area (Å²) in [6, 6.07) is 10.3. The Morgan fingerprint density at radius 3 is 2.50 bits per heavy atom. The molecular formula is C22H23N3O3. The number of carbonyl (C=O) groups is 1. The highest BCUT2D eigenvalue weighted by molar-refractivity contribution is 5.99. The molecule has 6 heteroatoms. The van der Waals surface area contributed by atoms with E-state index in [9.17, 15) is 9.59 Å². The van der Waals surface area contributed by atoms with Gasteiger partial charge in [0.2, 0.25) is 5.76 Å². The molecule has 1 aliphatic heterocycles. The second kappa shape index (κ2) is 7.56. The van der Waals surface area contributed by atoms with Gasteiger partial charge < -0.3 is 14.2 Å². The van der Waals surface area contributed by atoms with E-state index < -0.39 is 6.04 Å². The van der Waals surface area contributed by atoms with Gasteiger partial charge in [0, 0.05) is 25.5 Å². The first-order valence-electron chi connectivity index (χ1n) is 9.64. The third-order valence-corrected chi connectivity index (χ3v) is 5.45. The van der Waals surface area contributed by atoms with Crippen molar-refractivity contribution in [3.63, 3.8) is 0 Å². The van der Waals surface area contributed by atoms with Crippen LogP contribution in [0, 0.1) is 0 Å². The van der Waals surface area contributed by atoms with Crippen molar-refractivity contribution in [2.24, 2.45) is 0 Å². The summed E-state index contributed by atoms with van der Waals surface area (Å²) in [6.07, 6.45) is 3.37. The van der Waals surface area contributed by atoms with Gasteiger partial charge in [0.1, 0.15) is 5.58 Å². The van der Waals surface area contributed by atoms with E-state index in [0.717, 1.165) is 25.2 Å². The normalized spacial score (nSPS) is 16.2. The fraction of sp³-hybridized carbons (Fsp3) is 0.318. The van der Waals surface area contributed by atoms with Gasteiger partial charge >= 0.3 is 0 Å². The van der Waals surface area contributed by atoms with Gasteiger partial charge in [-0.25, -0.2) is 0 Å². The van der Waals surface area contributed by atoms with Crippen molar-refractivity contribution in [3.05, 3.63) is 75.9 Å². The predicted octanol–water partition coefficient (Wildman–Crippen LogP) is 3.08. The molecule has 0 spiro atoms. The maximum atomic E-state index is 13.3. The summed E-state index contributed by atoms with van der Waals surface area (Å²) in [7, 11) is 0. The molecule has 144 valence electrons. The van der Waals surface area contributed by atoms with Gasteiger partial charge in [-0.05, 0) is 42.9 Å². The Kier molecular flexibility index (Phi) is 4.96. The summed E-state index contributed by atoms with van der Waals surface area (Å²) < 4.78 is 5.92. The molecule has 0 N–H and O–H groups in total. The van der Waals surface area contributed by atoms with Crippen molar-refractivity contribution < 1.29 is 9.21 Å².